The smallest absolute Gasteiger partial charge is 0.136 e. The van der Waals surface area contributed by atoms with Gasteiger partial charge in [0.2, 0.25) is 0 Å². The monoisotopic (exact) mass is 273 g/mol. The molecule has 108 valence electrons. The third-order valence-corrected chi connectivity index (χ3v) is 4.82. The van der Waals surface area contributed by atoms with Gasteiger partial charge in [0.15, 0.2) is 0 Å². The number of nitrogens with zero attached hydrogens (tertiary/aromatic N) is 4. The molecule has 2 saturated heterocycles. The Labute approximate surface area is 120 Å². The van der Waals surface area contributed by atoms with E-state index in [1.807, 2.05) is 6.07 Å². The summed E-state index contributed by atoms with van der Waals surface area (Å²) in [4.78, 5) is 14.3. The van der Waals surface area contributed by atoms with E-state index >= 15 is 0 Å². The van der Waals surface area contributed by atoms with Crippen LogP contribution in [0.3, 0.4) is 0 Å². The van der Waals surface area contributed by atoms with Crippen LogP contribution in [0.15, 0.2) is 6.07 Å². The zero-order valence-corrected chi connectivity index (χ0v) is 12.0. The first-order chi connectivity index (χ1) is 9.79. The second kappa shape index (κ2) is 4.88. The second-order valence-corrected chi connectivity index (χ2v) is 6.42. The molecule has 0 aromatic carbocycles. The molecule has 2 aliphatic heterocycles. The van der Waals surface area contributed by atoms with E-state index in [4.69, 9.17) is 10.7 Å². The zero-order valence-electron chi connectivity index (χ0n) is 12.0. The van der Waals surface area contributed by atoms with Crippen molar-refractivity contribution in [3.8, 4) is 0 Å². The normalized spacial score (nSPS) is 27.4. The third-order valence-electron chi connectivity index (χ3n) is 4.82. The summed E-state index contributed by atoms with van der Waals surface area (Å²) in [7, 11) is 0. The van der Waals surface area contributed by atoms with Gasteiger partial charge in [-0.25, -0.2) is 9.97 Å². The van der Waals surface area contributed by atoms with Crippen molar-refractivity contribution in [2.75, 3.05) is 36.8 Å². The van der Waals surface area contributed by atoms with Crippen molar-refractivity contribution >= 4 is 11.6 Å². The number of hydrogen-bond acceptors (Lipinski definition) is 5. The molecule has 4 rings (SSSR count). The Bertz CT molecular complexity index is 499. The molecule has 1 saturated carbocycles. The van der Waals surface area contributed by atoms with Gasteiger partial charge in [-0.15, -0.1) is 0 Å². The predicted molar refractivity (Wildman–Crippen MR) is 79.8 cm³/mol. The van der Waals surface area contributed by atoms with Crippen LogP contribution in [-0.4, -0.2) is 47.1 Å². The van der Waals surface area contributed by atoms with Gasteiger partial charge >= 0.3 is 0 Å². The minimum Gasteiger partial charge on any atom is -0.384 e. The molecule has 5 heteroatoms. The Hall–Kier alpha value is -1.36. The predicted octanol–water partition coefficient (Wildman–Crippen LogP) is 1.61. The summed E-state index contributed by atoms with van der Waals surface area (Å²) in [6, 6.07) is 2.66. The summed E-state index contributed by atoms with van der Waals surface area (Å²) in [6.07, 6.45) is 6.34. The molecule has 5 nitrogen and oxygen atoms in total. The standard InChI is InChI=1S/C15H23N5/c16-13-9-14(18-15(17-13)11-4-5-11)20-8-2-7-19-6-1-3-12(19)10-20/h9,11-12H,1-8,10H2,(H2,16,17,18). The zero-order chi connectivity index (χ0) is 13.5. The van der Waals surface area contributed by atoms with Crippen LogP contribution in [0, 0.1) is 0 Å². The van der Waals surface area contributed by atoms with Crippen LogP contribution in [0.4, 0.5) is 11.6 Å². The maximum atomic E-state index is 5.99. The van der Waals surface area contributed by atoms with E-state index in [0.29, 0.717) is 17.8 Å². The van der Waals surface area contributed by atoms with Gasteiger partial charge in [0, 0.05) is 37.7 Å². The van der Waals surface area contributed by atoms with Crippen LogP contribution < -0.4 is 10.6 Å². The van der Waals surface area contributed by atoms with Crippen molar-refractivity contribution in [1.29, 1.82) is 0 Å². The van der Waals surface area contributed by atoms with Crippen LogP contribution >= 0.6 is 0 Å². The number of rotatable bonds is 2. The lowest BCUT2D eigenvalue weighted by Gasteiger charge is -2.26. The van der Waals surface area contributed by atoms with Crippen LogP contribution in [0.2, 0.25) is 0 Å². The average Bonchev–Trinajstić information content (AvgIpc) is 3.23. The molecule has 3 aliphatic rings. The first-order valence-electron chi connectivity index (χ1n) is 7.93. The van der Waals surface area contributed by atoms with Gasteiger partial charge < -0.3 is 10.6 Å². The fraction of sp³-hybridized carbons (Fsp3) is 0.733. The highest BCUT2D eigenvalue weighted by molar-refractivity contribution is 5.48. The SMILES string of the molecule is Nc1cc(N2CCCN3CCCC3C2)nc(C2CC2)n1. The van der Waals surface area contributed by atoms with Crippen molar-refractivity contribution in [2.24, 2.45) is 0 Å². The highest BCUT2D eigenvalue weighted by Crippen LogP contribution is 2.39. The molecule has 20 heavy (non-hydrogen) atoms. The number of anilines is 2. The molecule has 1 aliphatic carbocycles. The molecule has 3 heterocycles. The lowest BCUT2D eigenvalue weighted by molar-refractivity contribution is 0.273. The first-order valence-corrected chi connectivity index (χ1v) is 7.93. The highest BCUT2D eigenvalue weighted by Gasteiger charge is 2.31. The maximum absolute atomic E-state index is 5.99. The molecular weight excluding hydrogens is 250 g/mol. The fourth-order valence-corrected chi connectivity index (χ4v) is 3.57. The van der Waals surface area contributed by atoms with Gasteiger partial charge in [-0.1, -0.05) is 0 Å². The van der Waals surface area contributed by atoms with E-state index in [0.717, 1.165) is 24.7 Å². The average molecular weight is 273 g/mol. The highest BCUT2D eigenvalue weighted by atomic mass is 15.3. The van der Waals surface area contributed by atoms with Gasteiger partial charge in [-0.3, -0.25) is 4.90 Å². The van der Waals surface area contributed by atoms with Gasteiger partial charge in [-0.2, -0.15) is 0 Å². The summed E-state index contributed by atoms with van der Waals surface area (Å²) in [5, 5.41) is 0. The van der Waals surface area contributed by atoms with Gasteiger partial charge in [0.25, 0.3) is 0 Å². The van der Waals surface area contributed by atoms with E-state index < -0.39 is 0 Å². The van der Waals surface area contributed by atoms with E-state index in [1.165, 1.54) is 45.2 Å². The summed E-state index contributed by atoms with van der Waals surface area (Å²) in [5.41, 5.74) is 5.99. The molecule has 1 aromatic rings. The molecule has 1 unspecified atom stereocenters. The molecule has 0 radical (unpaired) electrons. The molecule has 0 spiro atoms. The van der Waals surface area contributed by atoms with Crippen LogP contribution in [0.25, 0.3) is 0 Å². The van der Waals surface area contributed by atoms with Crippen molar-refractivity contribution in [2.45, 2.75) is 44.1 Å². The molecule has 3 fully saturated rings. The van der Waals surface area contributed by atoms with Crippen molar-refractivity contribution in [3.05, 3.63) is 11.9 Å². The fourth-order valence-electron chi connectivity index (χ4n) is 3.57. The molecule has 1 aromatic heterocycles. The molecule has 1 atom stereocenters. The summed E-state index contributed by atoms with van der Waals surface area (Å²) < 4.78 is 0. The largest absolute Gasteiger partial charge is 0.384 e. The van der Waals surface area contributed by atoms with Gasteiger partial charge in [0.1, 0.15) is 17.5 Å². The number of fused-ring (bicyclic) bond motifs is 1. The van der Waals surface area contributed by atoms with E-state index in [2.05, 4.69) is 14.8 Å². The molecular formula is C15H23N5. The van der Waals surface area contributed by atoms with Crippen molar-refractivity contribution in [1.82, 2.24) is 14.9 Å². The Morgan fingerprint density at radius 3 is 2.75 bits per heavy atom. The van der Waals surface area contributed by atoms with E-state index in [1.54, 1.807) is 0 Å². The maximum Gasteiger partial charge on any atom is 0.136 e. The van der Waals surface area contributed by atoms with E-state index in [9.17, 15) is 0 Å². The van der Waals surface area contributed by atoms with Crippen LogP contribution in [0.5, 0.6) is 0 Å². The lowest BCUT2D eigenvalue weighted by Crippen LogP contribution is -2.37. The molecule has 0 bridgehead atoms. The lowest BCUT2D eigenvalue weighted by atomic mass is 10.2. The minimum absolute atomic E-state index is 0.562. The van der Waals surface area contributed by atoms with Crippen LogP contribution in [-0.2, 0) is 0 Å². The first kappa shape index (κ1) is 12.4. The molecule has 0 amide bonds. The van der Waals surface area contributed by atoms with E-state index in [-0.39, 0.29) is 0 Å². The third kappa shape index (κ3) is 2.35. The van der Waals surface area contributed by atoms with Gasteiger partial charge in [0.05, 0.1) is 0 Å². The summed E-state index contributed by atoms with van der Waals surface area (Å²) >= 11 is 0. The Morgan fingerprint density at radius 2 is 1.90 bits per heavy atom. The number of hydrogen-bond donors (Lipinski definition) is 1. The van der Waals surface area contributed by atoms with Crippen LogP contribution in [0.1, 0.15) is 43.8 Å². The Kier molecular flexibility index (Phi) is 3.02. The van der Waals surface area contributed by atoms with Crippen molar-refractivity contribution < 1.29 is 0 Å². The summed E-state index contributed by atoms with van der Waals surface area (Å²) in [6.45, 7) is 4.70. The minimum atomic E-state index is 0.562. The number of nitrogens with two attached hydrogens (primary N) is 1. The molecule has 2 N–H and O–H groups in total. The van der Waals surface area contributed by atoms with Crippen molar-refractivity contribution in [3.63, 3.8) is 0 Å². The van der Waals surface area contributed by atoms with Gasteiger partial charge in [-0.05, 0) is 38.6 Å². The topological polar surface area (TPSA) is 58.3 Å². The number of aromatic nitrogens is 2. The Balaban J connectivity index is 1.59. The second-order valence-electron chi connectivity index (χ2n) is 6.42. The quantitative estimate of drug-likeness (QED) is 0.887. The summed E-state index contributed by atoms with van der Waals surface area (Å²) in [5.74, 6) is 3.21. The Morgan fingerprint density at radius 1 is 1.05 bits per heavy atom. The number of nitrogen functional groups attached to an aromatic ring is 1.